The third-order valence-electron chi connectivity index (χ3n) is 2.39. The van der Waals surface area contributed by atoms with E-state index in [4.69, 9.17) is 16.3 Å². The molecule has 0 amide bonds. The molecule has 0 bridgehead atoms. The van der Waals surface area contributed by atoms with Gasteiger partial charge in [-0.25, -0.2) is 4.98 Å². The van der Waals surface area contributed by atoms with Gasteiger partial charge in [-0.05, 0) is 17.5 Å². The van der Waals surface area contributed by atoms with Crippen molar-refractivity contribution in [2.24, 2.45) is 0 Å². The number of aromatic nitrogens is 1. The molecule has 0 unspecified atom stereocenters. The maximum atomic E-state index is 11.9. The summed E-state index contributed by atoms with van der Waals surface area (Å²) in [6.45, 7) is 0. The van der Waals surface area contributed by atoms with E-state index in [9.17, 15) is 4.79 Å². The molecule has 0 aliphatic rings. The number of thioether (sulfide) groups is 1. The second-order valence-corrected chi connectivity index (χ2v) is 5.60. The SMILES string of the molecule is N#Cc1cc(C#N)c(SCC(=O)c2cccs2)nc1N. The molecule has 0 aliphatic carbocycles. The molecule has 0 aliphatic heterocycles. The minimum absolute atomic E-state index is 0.0291. The number of Topliss-reactive ketones (excluding diaryl/α,β-unsaturated/α-hetero) is 1. The minimum atomic E-state index is -0.0291. The van der Waals surface area contributed by atoms with Crippen LogP contribution in [0.2, 0.25) is 0 Å². The van der Waals surface area contributed by atoms with E-state index in [2.05, 4.69) is 4.98 Å². The lowest BCUT2D eigenvalue weighted by Crippen LogP contribution is -2.03. The summed E-state index contributed by atoms with van der Waals surface area (Å²) in [7, 11) is 0. The summed E-state index contributed by atoms with van der Waals surface area (Å²) >= 11 is 2.51. The third-order valence-corrected chi connectivity index (χ3v) is 4.30. The van der Waals surface area contributed by atoms with Gasteiger partial charge in [0.2, 0.25) is 0 Å². The largest absolute Gasteiger partial charge is 0.383 e. The van der Waals surface area contributed by atoms with E-state index < -0.39 is 0 Å². The van der Waals surface area contributed by atoms with Crippen LogP contribution in [0.4, 0.5) is 5.82 Å². The van der Waals surface area contributed by atoms with Crippen LogP contribution in [0.3, 0.4) is 0 Å². The number of hydrogen-bond acceptors (Lipinski definition) is 7. The predicted octanol–water partition coefficient (Wildman–Crippen LogP) is 2.44. The Hall–Kier alpha value is -2.35. The molecule has 2 aromatic rings. The van der Waals surface area contributed by atoms with Gasteiger partial charge in [0, 0.05) is 0 Å². The Balaban J connectivity index is 2.18. The Morgan fingerprint density at radius 2 is 2.15 bits per heavy atom. The third kappa shape index (κ3) is 2.97. The Kier molecular flexibility index (Phi) is 4.36. The topological polar surface area (TPSA) is 104 Å². The molecule has 2 N–H and O–H groups in total. The van der Waals surface area contributed by atoms with Gasteiger partial charge in [0.25, 0.3) is 0 Å². The summed E-state index contributed by atoms with van der Waals surface area (Å²) in [5.41, 5.74) is 6.03. The highest BCUT2D eigenvalue weighted by atomic mass is 32.2. The van der Waals surface area contributed by atoms with Gasteiger partial charge in [-0.3, -0.25) is 4.79 Å². The van der Waals surface area contributed by atoms with Crippen LogP contribution in [0.1, 0.15) is 20.8 Å². The highest BCUT2D eigenvalue weighted by Crippen LogP contribution is 2.25. The number of nitrogens with two attached hydrogens (primary N) is 1. The van der Waals surface area contributed by atoms with E-state index in [-0.39, 0.29) is 28.5 Å². The monoisotopic (exact) mass is 300 g/mol. The zero-order chi connectivity index (χ0) is 14.5. The van der Waals surface area contributed by atoms with Crippen LogP contribution in [0.5, 0.6) is 0 Å². The molecular weight excluding hydrogens is 292 g/mol. The summed E-state index contributed by atoms with van der Waals surface area (Å²) in [4.78, 5) is 16.6. The van der Waals surface area contributed by atoms with E-state index in [0.717, 1.165) is 11.8 Å². The molecule has 2 aromatic heterocycles. The molecule has 2 heterocycles. The number of hydrogen-bond donors (Lipinski definition) is 1. The van der Waals surface area contributed by atoms with Crippen molar-refractivity contribution in [3.8, 4) is 12.1 Å². The highest BCUT2D eigenvalue weighted by Gasteiger charge is 2.13. The number of thiophene rings is 1. The first-order chi connectivity index (χ1) is 9.65. The lowest BCUT2D eigenvalue weighted by molar-refractivity contribution is 0.102. The molecule has 98 valence electrons. The van der Waals surface area contributed by atoms with E-state index in [1.165, 1.54) is 17.4 Å². The van der Waals surface area contributed by atoms with Gasteiger partial charge in [0.05, 0.1) is 21.8 Å². The molecule has 0 radical (unpaired) electrons. The normalized spacial score (nSPS) is 9.70. The smallest absolute Gasteiger partial charge is 0.183 e. The van der Waals surface area contributed by atoms with Gasteiger partial charge in [-0.1, -0.05) is 17.8 Å². The lowest BCUT2D eigenvalue weighted by Gasteiger charge is -2.04. The molecular formula is C13H8N4OS2. The van der Waals surface area contributed by atoms with Crippen LogP contribution in [-0.4, -0.2) is 16.5 Å². The quantitative estimate of drug-likeness (QED) is 0.687. The van der Waals surface area contributed by atoms with Crippen molar-refractivity contribution in [1.29, 1.82) is 10.5 Å². The first-order valence-corrected chi connectivity index (χ1v) is 7.32. The molecule has 0 fully saturated rings. The predicted molar refractivity (Wildman–Crippen MR) is 77.5 cm³/mol. The molecule has 0 atom stereocenters. The van der Waals surface area contributed by atoms with Crippen LogP contribution in [-0.2, 0) is 0 Å². The zero-order valence-corrected chi connectivity index (χ0v) is 11.8. The number of ketones is 1. The number of anilines is 1. The zero-order valence-electron chi connectivity index (χ0n) is 10.2. The number of rotatable bonds is 4. The van der Waals surface area contributed by atoms with E-state index in [1.54, 1.807) is 12.1 Å². The van der Waals surface area contributed by atoms with Crippen LogP contribution < -0.4 is 5.73 Å². The molecule has 0 saturated heterocycles. The highest BCUT2D eigenvalue weighted by molar-refractivity contribution is 8.00. The van der Waals surface area contributed by atoms with Gasteiger partial charge in [-0.15, -0.1) is 11.3 Å². The molecule has 7 heteroatoms. The molecule has 2 rings (SSSR count). The maximum Gasteiger partial charge on any atom is 0.183 e. The summed E-state index contributed by atoms with van der Waals surface area (Å²) in [5, 5.41) is 20.1. The average molecular weight is 300 g/mol. The number of nitrogens with zero attached hydrogens (tertiary/aromatic N) is 3. The Morgan fingerprint density at radius 3 is 2.75 bits per heavy atom. The fourth-order valence-corrected chi connectivity index (χ4v) is 3.03. The average Bonchev–Trinajstić information content (AvgIpc) is 2.99. The van der Waals surface area contributed by atoms with Crippen molar-refractivity contribution >= 4 is 34.7 Å². The second kappa shape index (κ2) is 6.20. The lowest BCUT2D eigenvalue weighted by atomic mass is 10.2. The van der Waals surface area contributed by atoms with Crippen LogP contribution in [0.25, 0.3) is 0 Å². The Morgan fingerprint density at radius 1 is 1.40 bits per heavy atom. The van der Waals surface area contributed by atoms with Crippen LogP contribution in [0.15, 0.2) is 28.6 Å². The summed E-state index contributed by atoms with van der Waals surface area (Å²) in [5.74, 6) is 0.212. The Bertz CT molecular complexity index is 726. The number of pyridine rings is 1. The minimum Gasteiger partial charge on any atom is -0.383 e. The second-order valence-electron chi connectivity index (χ2n) is 3.69. The van der Waals surface area contributed by atoms with Crippen molar-refractivity contribution in [1.82, 2.24) is 4.98 Å². The number of carbonyl (C=O) groups excluding carboxylic acids is 1. The Labute approximate surface area is 123 Å². The molecule has 0 spiro atoms. The van der Waals surface area contributed by atoms with Gasteiger partial charge in [-0.2, -0.15) is 10.5 Å². The van der Waals surface area contributed by atoms with Crippen molar-refractivity contribution in [2.45, 2.75) is 5.03 Å². The summed E-state index contributed by atoms with van der Waals surface area (Å²) < 4.78 is 0. The van der Waals surface area contributed by atoms with Crippen LogP contribution in [0, 0.1) is 22.7 Å². The van der Waals surface area contributed by atoms with Crippen molar-refractivity contribution in [3.63, 3.8) is 0 Å². The van der Waals surface area contributed by atoms with Crippen molar-refractivity contribution < 1.29 is 4.79 Å². The fraction of sp³-hybridized carbons (Fsp3) is 0.0769. The van der Waals surface area contributed by atoms with Gasteiger partial charge in [0.15, 0.2) is 5.78 Å². The number of carbonyl (C=O) groups is 1. The molecule has 20 heavy (non-hydrogen) atoms. The fourth-order valence-electron chi connectivity index (χ4n) is 1.43. The number of nitrogen functional groups attached to an aromatic ring is 1. The molecule has 5 nitrogen and oxygen atoms in total. The first kappa shape index (κ1) is 14.1. The summed E-state index contributed by atoms with van der Waals surface area (Å²) in [6.07, 6.45) is 0. The molecule has 0 aromatic carbocycles. The maximum absolute atomic E-state index is 11.9. The first-order valence-electron chi connectivity index (χ1n) is 5.46. The van der Waals surface area contributed by atoms with Crippen LogP contribution >= 0.6 is 23.1 Å². The van der Waals surface area contributed by atoms with Gasteiger partial charge >= 0.3 is 0 Å². The standard InChI is InChI=1S/C13H8N4OS2/c14-5-8-4-9(6-15)13(17-12(8)16)20-7-10(18)11-2-1-3-19-11/h1-4H,7H2,(H2,16,17). The van der Waals surface area contributed by atoms with Gasteiger partial charge in [0.1, 0.15) is 23.0 Å². The number of nitriles is 2. The summed E-state index contributed by atoms with van der Waals surface area (Å²) in [6, 6.07) is 8.77. The van der Waals surface area contributed by atoms with E-state index in [1.807, 2.05) is 17.5 Å². The van der Waals surface area contributed by atoms with Gasteiger partial charge < -0.3 is 5.73 Å². The van der Waals surface area contributed by atoms with E-state index >= 15 is 0 Å². The van der Waals surface area contributed by atoms with E-state index in [0.29, 0.717) is 9.90 Å². The van der Waals surface area contributed by atoms with Crippen molar-refractivity contribution in [3.05, 3.63) is 39.6 Å². The molecule has 0 saturated carbocycles. The van der Waals surface area contributed by atoms with Crippen molar-refractivity contribution in [2.75, 3.05) is 11.5 Å².